The van der Waals surface area contributed by atoms with Gasteiger partial charge in [0, 0.05) is 47.5 Å². The van der Waals surface area contributed by atoms with Crippen molar-refractivity contribution in [1.82, 2.24) is 19.9 Å². The van der Waals surface area contributed by atoms with Crippen molar-refractivity contribution in [1.29, 1.82) is 5.26 Å². The lowest BCUT2D eigenvalue weighted by atomic mass is 10.1. The minimum absolute atomic E-state index is 0.0788. The Balaban J connectivity index is 1.59. The number of nitrogens with zero attached hydrogens (tertiary/aromatic N) is 6. The molecule has 0 atom stereocenters. The number of nitriles is 1. The Morgan fingerprint density at radius 2 is 1.94 bits per heavy atom. The molecule has 1 N–H and O–H groups in total. The van der Waals surface area contributed by atoms with Crippen LogP contribution in [0.5, 0.6) is 0 Å². The van der Waals surface area contributed by atoms with Crippen LogP contribution in [0.2, 0.25) is 0 Å². The molecule has 8 heteroatoms. The predicted molar refractivity (Wildman–Crippen MR) is 136 cm³/mol. The quantitative estimate of drug-likeness (QED) is 0.343. The van der Waals surface area contributed by atoms with Gasteiger partial charge in [-0.05, 0) is 56.5 Å². The molecule has 172 valence electrons. The van der Waals surface area contributed by atoms with Crippen LogP contribution < -0.4 is 5.32 Å². The number of aryl methyl sites for hydroxylation is 1. The van der Waals surface area contributed by atoms with E-state index in [0.717, 1.165) is 22.4 Å². The third-order valence-corrected chi connectivity index (χ3v) is 5.29. The molecule has 0 aliphatic rings. The zero-order valence-electron chi connectivity index (χ0n) is 19.3. The van der Waals surface area contributed by atoms with Gasteiger partial charge < -0.3 is 5.32 Å². The van der Waals surface area contributed by atoms with Gasteiger partial charge in [-0.2, -0.15) is 5.26 Å². The summed E-state index contributed by atoms with van der Waals surface area (Å²) in [5.74, 6) is -0.446. The van der Waals surface area contributed by atoms with Crippen molar-refractivity contribution in [3.63, 3.8) is 0 Å². The monoisotopic (exact) mass is 463 g/mol. The fourth-order valence-corrected chi connectivity index (χ4v) is 3.62. The average molecular weight is 464 g/mol. The summed E-state index contributed by atoms with van der Waals surface area (Å²) in [7, 11) is 0. The van der Waals surface area contributed by atoms with Crippen molar-refractivity contribution in [2.75, 3.05) is 5.32 Å². The smallest absolute Gasteiger partial charge is 0.174 e. The number of aliphatic imine (C=N–C) groups is 1. The first-order chi connectivity index (χ1) is 17.0. The van der Waals surface area contributed by atoms with Gasteiger partial charge >= 0.3 is 0 Å². The first-order valence-electron chi connectivity index (χ1n) is 10.8. The highest BCUT2D eigenvalue weighted by atomic mass is 19.1. The number of halogens is 1. The molecule has 0 aliphatic carbocycles. The highest BCUT2D eigenvalue weighted by Crippen LogP contribution is 2.29. The van der Waals surface area contributed by atoms with Crippen molar-refractivity contribution in [3.05, 3.63) is 89.4 Å². The normalized spacial score (nSPS) is 10.8. The van der Waals surface area contributed by atoms with Gasteiger partial charge in [-0.1, -0.05) is 12.2 Å². The molecule has 0 aliphatic heterocycles. The lowest BCUT2D eigenvalue weighted by Crippen LogP contribution is -2.06. The Morgan fingerprint density at radius 3 is 2.69 bits per heavy atom. The number of pyridine rings is 4. The molecule has 0 saturated heterocycles. The van der Waals surface area contributed by atoms with Crippen molar-refractivity contribution >= 4 is 24.3 Å². The Kier molecular flexibility index (Phi) is 6.98. The number of anilines is 1. The first kappa shape index (κ1) is 23.4. The van der Waals surface area contributed by atoms with Crippen molar-refractivity contribution in [3.8, 4) is 28.6 Å². The topological polar surface area (TPSA) is 99.7 Å². The van der Waals surface area contributed by atoms with E-state index in [9.17, 15) is 5.26 Å². The second-order valence-electron chi connectivity index (χ2n) is 7.70. The molecule has 0 aromatic carbocycles. The van der Waals surface area contributed by atoms with Crippen LogP contribution in [0.4, 0.5) is 15.9 Å². The summed E-state index contributed by atoms with van der Waals surface area (Å²) in [5, 5.41) is 12.6. The SMILES string of the molecule is C=Nc1cnc(-c2ccnc(NCc3cnc(-c4ccnc(C)c4)c(C#N)c3)c2F)cc1/C=C\C. The molecule has 0 bridgehead atoms. The number of hydrogen-bond donors (Lipinski definition) is 1. The summed E-state index contributed by atoms with van der Waals surface area (Å²) in [6, 6.07) is 10.9. The van der Waals surface area contributed by atoms with Crippen LogP contribution in [0.1, 0.15) is 29.3 Å². The molecule has 0 unspecified atom stereocenters. The highest BCUT2D eigenvalue weighted by molar-refractivity contribution is 5.73. The molecule has 35 heavy (non-hydrogen) atoms. The fraction of sp³-hybridized carbons (Fsp3) is 0.111. The van der Waals surface area contributed by atoms with Gasteiger partial charge in [-0.25, -0.2) is 9.37 Å². The van der Waals surface area contributed by atoms with E-state index in [4.69, 9.17) is 0 Å². The number of rotatable bonds is 7. The average Bonchev–Trinajstić information content (AvgIpc) is 2.88. The molecule has 0 fully saturated rings. The predicted octanol–water partition coefficient (Wildman–Crippen LogP) is 5.90. The van der Waals surface area contributed by atoms with E-state index >= 15 is 4.39 Å². The maximum atomic E-state index is 15.3. The van der Waals surface area contributed by atoms with Crippen LogP contribution in [0.25, 0.3) is 28.6 Å². The summed E-state index contributed by atoms with van der Waals surface area (Å²) in [6.07, 6.45) is 10.2. The molecule has 4 aromatic heterocycles. The number of aromatic nitrogens is 4. The summed E-state index contributed by atoms with van der Waals surface area (Å²) in [4.78, 5) is 21.1. The van der Waals surface area contributed by atoms with E-state index in [1.807, 2.05) is 38.1 Å². The maximum absolute atomic E-state index is 15.3. The van der Waals surface area contributed by atoms with Gasteiger partial charge in [0.2, 0.25) is 0 Å². The molecular formula is C27H22FN7. The maximum Gasteiger partial charge on any atom is 0.174 e. The second kappa shape index (κ2) is 10.4. The minimum Gasteiger partial charge on any atom is -0.363 e. The van der Waals surface area contributed by atoms with Crippen LogP contribution in [-0.2, 0) is 6.54 Å². The largest absolute Gasteiger partial charge is 0.363 e. The highest BCUT2D eigenvalue weighted by Gasteiger charge is 2.14. The van der Waals surface area contributed by atoms with E-state index in [0.29, 0.717) is 28.2 Å². The van der Waals surface area contributed by atoms with Crippen LogP contribution >= 0.6 is 0 Å². The Hall–Kier alpha value is -4.77. The minimum atomic E-state index is -0.525. The molecule has 4 heterocycles. The van der Waals surface area contributed by atoms with Gasteiger partial charge in [0.15, 0.2) is 11.6 Å². The Bertz CT molecular complexity index is 1470. The van der Waals surface area contributed by atoms with Crippen LogP contribution in [0.15, 0.2) is 66.2 Å². The van der Waals surface area contributed by atoms with Gasteiger partial charge in [-0.3, -0.25) is 19.9 Å². The van der Waals surface area contributed by atoms with E-state index in [1.54, 1.807) is 36.8 Å². The molecule has 0 spiro atoms. The number of nitrogens with one attached hydrogen (secondary N) is 1. The second-order valence-corrected chi connectivity index (χ2v) is 7.70. The first-order valence-corrected chi connectivity index (χ1v) is 10.8. The third kappa shape index (κ3) is 5.09. The lowest BCUT2D eigenvalue weighted by molar-refractivity contribution is 0.627. The molecule has 0 saturated carbocycles. The zero-order valence-corrected chi connectivity index (χ0v) is 19.3. The molecular weight excluding hydrogens is 441 g/mol. The summed E-state index contributed by atoms with van der Waals surface area (Å²) in [6.45, 7) is 7.56. The fourth-order valence-electron chi connectivity index (χ4n) is 3.62. The van der Waals surface area contributed by atoms with Crippen LogP contribution in [0.3, 0.4) is 0 Å². The molecule has 4 rings (SSSR count). The molecule has 0 amide bonds. The van der Waals surface area contributed by atoms with Crippen LogP contribution in [0, 0.1) is 24.1 Å². The third-order valence-electron chi connectivity index (χ3n) is 5.29. The number of hydrogen-bond acceptors (Lipinski definition) is 7. The summed E-state index contributed by atoms with van der Waals surface area (Å²) in [5.41, 5.74) is 5.55. The van der Waals surface area contributed by atoms with E-state index in [2.05, 4.69) is 43.0 Å². The van der Waals surface area contributed by atoms with E-state index in [-0.39, 0.29) is 12.4 Å². The number of allylic oxidation sites excluding steroid dienone is 1. The van der Waals surface area contributed by atoms with Gasteiger partial charge in [-0.15, -0.1) is 0 Å². The Labute approximate surface area is 202 Å². The molecule has 0 radical (unpaired) electrons. The molecule has 7 nitrogen and oxygen atoms in total. The zero-order chi connectivity index (χ0) is 24.8. The van der Waals surface area contributed by atoms with Crippen molar-refractivity contribution < 1.29 is 4.39 Å². The van der Waals surface area contributed by atoms with Crippen LogP contribution in [-0.4, -0.2) is 26.7 Å². The summed E-state index contributed by atoms with van der Waals surface area (Å²) < 4.78 is 15.3. The van der Waals surface area contributed by atoms with E-state index < -0.39 is 5.82 Å². The van der Waals surface area contributed by atoms with Gasteiger partial charge in [0.1, 0.15) is 6.07 Å². The standard InChI is InChI=1S/C27H22FN7/c1-4-5-19-12-23(33-16-24(19)30-3)22-7-9-32-27(25(22)28)35-15-18-11-21(13-29)26(34-14-18)20-6-8-31-17(2)10-20/h4-12,14,16H,3,15H2,1-2H3,(H,32,35)/b5-4-. The molecule has 4 aromatic rings. The Morgan fingerprint density at radius 1 is 1.11 bits per heavy atom. The lowest BCUT2D eigenvalue weighted by Gasteiger charge is -2.11. The van der Waals surface area contributed by atoms with Gasteiger partial charge in [0.25, 0.3) is 0 Å². The summed E-state index contributed by atoms with van der Waals surface area (Å²) >= 11 is 0. The van der Waals surface area contributed by atoms with Gasteiger partial charge in [0.05, 0.1) is 28.8 Å². The van der Waals surface area contributed by atoms with E-state index in [1.165, 1.54) is 6.20 Å². The van der Waals surface area contributed by atoms with Crippen molar-refractivity contribution in [2.45, 2.75) is 20.4 Å². The van der Waals surface area contributed by atoms with Crippen molar-refractivity contribution in [2.24, 2.45) is 4.99 Å².